The molecule has 0 N–H and O–H groups in total. The molecule has 0 aliphatic rings. The zero-order valence-electron chi connectivity index (χ0n) is 17.2. The topological polar surface area (TPSA) is 52.2 Å². The zero-order valence-corrected chi connectivity index (χ0v) is 18.8. The normalized spacial score (nSPS) is 12.7. The van der Waals surface area contributed by atoms with Gasteiger partial charge >= 0.3 is 0 Å². The van der Waals surface area contributed by atoms with Crippen LogP contribution < -0.4 is 5.56 Å². The Bertz CT molecular complexity index is 1300. The van der Waals surface area contributed by atoms with E-state index in [4.69, 9.17) is 4.98 Å². The van der Waals surface area contributed by atoms with Crippen molar-refractivity contribution < 1.29 is 0 Å². The number of fused-ring (bicyclic) bond motifs is 1. The molecule has 0 saturated carbocycles. The smallest absolute Gasteiger partial charge is 0.282 e. The van der Waals surface area contributed by atoms with E-state index in [-0.39, 0.29) is 11.5 Å². The highest BCUT2D eigenvalue weighted by Gasteiger charge is 2.15. The molecule has 0 aliphatic heterocycles. The first-order valence-electron chi connectivity index (χ1n) is 9.99. The Morgan fingerprint density at radius 3 is 2.77 bits per heavy atom. The highest BCUT2D eigenvalue weighted by molar-refractivity contribution is 9.10. The van der Waals surface area contributed by atoms with Crippen molar-refractivity contribution >= 4 is 33.0 Å². The van der Waals surface area contributed by atoms with Crippen LogP contribution in [0.5, 0.6) is 0 Å². The summed E-state index contributed by atoms with van der Waals surface area (Å²) in [6.07, 6.45) is 4.58. The lowest BCUT2D eigenvalue weighted by atomic mass is 10.1. The Labute approximate surface area is 183 Å². The van der Waals surface area contributed by atoms with Crippen molar-refractivity contribution in [3.05, 3.63) is 92.7 Å². The molecule has 4 rings (SSSR count). The molecule has 2 heterocycles. The molecule has 0 saturated heterocycles. The zero-order chi connectivity index (χ0) is 21.3. The Hall–Kier alpha value is -2.99. The number of halogens is 1. The predicted octanol–water partition coefficient (Wildman–Crippen LogP) is 5.65. The molecule has 1 atom stereocenters. The van der Waals surface area contributed by atoms with Crippen molar-refractivity contribution in [2.75, 3.05) is 0 Å². The van der Waals surface area contributed by atoms with Gasteiger partial charge in [0.05, 0.1) is 22.8 Å². The average Bonchev–Trinajstić information content (AvgIpc) is 3.21. The Balaban J connectivity index is 1.85. The van der Waals surface area contributed by atoms with Gasteiger partial charge in [0, 0.05) is 22.3 Å². The second-order valence-corrected chi connectivity index (χ2v) is 8.36. The minimum atomic E-state index is -0.165. The first-order chi connectivity index (χ1) is 14.5. The maximum Gasteiger partial charge on any atom is 0.282 e. The third kappa shape index (κ3) is 3.87. The summed E-state index contributed by atoms with van der Waals surface area (Å²) in [7, 11) is 0. The van der Waals surface area contributed by atoms with Crippen LogP contribution in [0.3, 0.4) is 0 Å². The second-order valence-electron chi connectivity index (χ2n) is 7.44. The average molecular weight is 463 g/mol. The van der Waals surface area contributed by atoms with Gasteiger partial charge < -0.3 is 4.57 Å². The minimum absolute atomic E-state index is 0.103. The SMILES string of the molecule is CC[C@@H](C)c1nc2ccc(Br)cc2c(=O)n1N=Cc1cccn1-c1cccc(C)c1. The molecule has 0 bridgehead atoms. The van der Waals surface area contributed by atoms with Gasteiger partial charge in [-0.15, -0.1) is 0 Å². The molecule has 30 heavy (non-hydrogen) atoms. The molecule has 4 aromatic rings. The van der Waals surface area contributed by atoms with Gasteiger partial charge in [-0.25, -0.2) is 4.98 Å². The van der Waals surface area contributed by atoms with E-state index in [1.165, 1.54) is 10.2 Å². The van der Waals surface area contributed by atoms with Crippen molar-refractivity contribution in [2.45, 2.75) is 33.1 Å². The summed E-state index contributed by atoms with van der Waals surface area (Å²) in [5, 5.41) is 5.13. The number of nitrogens with zero attached hydrogens (tertiary/aromatic N) is 4. The van der Waals surface area contributed by atoms with Crippen molar-refractivity contribution in [3.8, 4) is 5.69 Å². The van der Waals surface area contributed by atoms with Crippen LogP contribution in [0, 0.1) is 6.92 Å². The van der Waals surface area contributed by atoms with Crippen molar-refractivity contribution in [1.29, 1.82) is 0 Å². The Kier molecular flexibility index (Phi) is 5.68. The summed E-state index contributed by atoms with van der Waals surface area (Å²) in [6, 6.07) is 17.8. The van der Waals surface area contributed by atoms with Gasteiger partial charge in [-0.2, -0.15) is 9.78 Å². The number of hydrogen-bond acceptors (Lipinski definition) is 3. The van der Waals surface area contributed by atoms with Crippen LogP contribution in [-0.4, -0.2) is 20.4 Å². The molecule has 0 aliphatic carbocycles. The maximum absolute atomic E-state index is 13.3. The summed E-state index contributed by atoms with van der Waals surface area (Å²) in [4.78, 5) is 18.0. The lowest BCUT2D eigenvalue weighted by Gasteiger charge is -2.14. The van der Waals surface area contributed by atoms with Crippen LogP contribution >= 0.6 is 15.9 Å². The number of rotatable bonds is 5. The molecule has 0 unspecified atom stereocenters. The number of aryl methyl sites for hydroxylation is 1. The molecular formula is C24H23BrN4O. The molecule has 152 valence electrons. The summed E-state index contributed by atoms with van der Waals surface area (Å²) < 4.78 is 4.33. The van der Waals surface area contributed by atoms with Gasteiger partial charge in [0.1, 0.15) is 5.82 Å². The molecule has 2 aromatic carbocycles. The van der Waals surface area contributed by atoms with E-state index in [0.29, 0.717) is 16.7 Å². The molecular weight excluding hydrogens is 440 g/mol. The fourth-order valence-electron chi connectivity index (χ4n) is 3.41. The van der Waals surface area contributed by atoms with Crippen LogP contribution in [-0.2, 0) is 0 Å². The first-order valence-corrected chi connectivity index (χ1v) is 10.8. The van der Waals surface area contributed by atoms with Gasteiger partial charge in [-0.3, -0.25) is 4.79 Å². The van der Waals surface area contributed by atoms with Gasteiger partial charge in [-0.1, -0.05) is 41.9 Å². The van der Waals surface area contributed by atoms with E-state index in [2.05, 4.69) is 64.6 Å². The summed E-state index contributed by atoms with van der Waals surface area (Å²) in [6.45, 7) is 6.21. The third-order valence-electron chi connectivity index (χ3n) is 5.25. The van der Waals surface area contributed by atoms with E-state index in [0.717, 1.165) is 22.3 Å². The van der Waals surface area contributed by atoms with Crippen LogP contribution in [0.25, 0.3) is 16.6 Å². The van der Waals surface area contributed by atoms with Gasteiger partial charge in [-0.05, 0) is 61.4 Å². The van der Waals surface area contributed by atoms with Gasteiger partial charge in [0.25, 0.3) is 5.56 Å². The number of benzene rings is 2. The van der Waals surface area contributed by atoms with Crippen molar-refractivity contribution in [1.82, 2.24) is 14.2 Å². The number of aromatic nitrogens is 3. The fraction of sp³-hybridized carbons (Fsp3) is 0.208. The van der Waals surface area contributed by atoms with Gasteiger partial charge in [0.2, 0.25) is 0 Å². The standard InChI is InChI=1S/C24H23BrN4O/c1-4-17(3)23-27-22-11-10-18(25)14-21(22)24(30)29(23)26-15-20-9-6-12-28(20)19-8-5-7-16(2)13-19/h5-15,17H,4H2,1-3H3/t17-/m1/s1. The summed E-state index contributed by atoms with van der Waals surface area (Å²) in [5.74, 6) is 0.772. The van der Waals surface area contributed by atoms with E-state index in [1.54, 1.807) is 12.3 Å². The molecule has 0 spiro atoms. The van der Waals surface area contributed by atoms with Crippen LogP contribution in [0.1, 0.15) is 43.3 Å². The maximum atomic E-state index is 13.3. The van der Waals surface area contributed by atoms with Crippen molar-refractivity contribution in [3.63, 3.8) is 0 Å². The highest BCUT2D eigenvalue weighted by Crippen LogP contribution is 2.21. The third-order valence-corrected chi connectivity index (χ3v) is 5.75. The molecule has 0 amide bonds. The Morgan fingerprint density at radius 1 is 1.17 bits per heavy atom. The molecule has 6 heteroatoms. The Morgan fingerprint density at radius 2 is 2.00 bits per heavy atom. The summed E-state index contributed by atoms with van der Waals surface area (Å²) >= 11 is 3.45. The second kappa shape index (κ2) is 8.40. The fourth-order valence-corrected chi connectivity index (χ4v) is 3.77. The highest BCUT2D eigenvalue weighted by atomic mass is 79.9. The molecule has 0 fully saturated rings. The van der Waals surface area contributed by atoms with Crippen LogP contribution in [0.15, 0.2) is 75.2 Å². The van der Waals surface area contributed by atoms with Crippen molar-refractivity contribution in [2.24, 2.45) is 5.10 Å². The van der Waals surface area contributed by atoms with E-state index in [1.807, 2.05) is 36.5 Å². The van der Waals surface area contributed by atoms with E-state index in [9.17, 15) is 4.79 Å². The first kappa shape index (κ1) is 20.3. The van der Waals surface area contributed by atoms with Crippen LogP contribution in [0.2, 0.25) is 0 Å². The largest absolute Gasteiger partial charge is 0.316 e. The van der Waals surface area contributed by atoms with Gasteiger partial charge in [0.15, 0.2) is 0 Å². The minimum Gasteiger partial charge on any atom is -0.316 e. The molecule has 2 aromatic heterocycles. The predicted molar refractivity (Wildman–Crippen MR) is 126 cm³/mol. The quantitative estimate of drug-likeness (QED) is 0.359. The van der Waals surface area contributed by atoms with E-state index >= 15 is 0 Å². The summed E-state index contributed by atoms with van der Waals surface area (Å²) in [5.41, 5.74) is 3.65. The lowest BCUT2D eigenvalue weighted by Crippen LogP contribution is -2.24. The molecule has 5 nitrogen and oxygen atoms in total. The van der Waals surface area contributed by atoms with E-state index < -0.39 is 0 Å². The van der Waals surface area contributed by atoms with Crippen LogP contribution in [0.4, 0.5) is 0 Å². The molecule has 0 radical (unpaired) electrons. The monoisotopic (exact) mass is 462 g/mol. The number of hydrogen-bond donors (Lipinski definition) is 0. The lowest BCUT2D eigenvalue weighted by molar-refractivity contribution is 0.613.